The Balaban J connectivity index is 1.72. The number of imidazole rings is 1. The van der Waals surface area contributed by atoms with Crippen molar-refractivity contribution in [2.45, 2.75) is 38.6 Å². The number of alkyl halides is 1. The Hall–Kier alpha value is -1.93. The maximum atomic E-state index is 13.8. The summed E-state index contributed by atoms with van der Waals surface area (Å²) >= 11 is 9.67. The summed E-state index contributed by atoms with van der Waals surface area (Å²) in [6, 6.07) is 2.85. The van der Waals surface area contributed by atoms with Gasteiger partial charge < -0.3 is 14.2 Å². The fraction of sp³-hybridized carbons (Fsp3) is 0.389. The van der Waals surface area contributed by atoms with E-state index < -0.39 is 18.2 Å². The van der Waals surface area contributed by atoms with Crippen molar-refractivity contribution in [1.82, 2.24) is 14.5 Å². The van der Waals surface area contributed by atoms with E-state index >= 15 is 0 Å². The van der Waals surface area contributed by atoms with Gasteiger partial charge in [0.2, 0.25) is 0 Å². The SMILES string of the molecule is CC(=O)OCC(c1ncn2c1C[C@@H](F)C2)N1Cc2c(Cl)cc(Br)cc2C1=O. The molecule has 0 fully saturated rings. The Labute approximate surface area is 168 Å². The van der Waals surface area contributed by atoms with Gasteiger partial charge in [0.1, 0.15) is 18.8 Å². The highest BCUT2D eigenvalue weighted by molar-refractivity contribution is 9.10. The van der Waals surface area contributed by atoms with Gasteiger partial charge >= 0.3 is 5.97 Å². The third-order valence-electron chi connectivity index (χ3n) is 4.90. The van der Waals surface area contributed by atoms with Crippen LogP contribution < -0.4 is 0 Å². The first kappa shape index (κ1) is 18.4. The molecular weight excluding hydrogens is 441 g/mol. The van der Waals surface area contributed by atoms with Crippen molar-refractivity contribution in [3.05, 3.63) is 50.5 Å². The van der Waals surface area contributed by atoms with Crippen molar-refractivity contribution in [1.29, 1.82) is 0 Å². The number of carbonyl (C=O) groups is 2. The van der Waals surface area contributed by atoms with Crippen LogP contribution in [0.25, 0.3) is 0 Å². The molecule has 2 aliphatic rings. The maximum absolute atomic E-state index is 13.8. The molecule has 1 unspecified atom stereocenters. The lowest BCUT2D eigenvalue weighted by atomic mass is 10.1. The van der Waals surface area contributed by atoms with Gasteiger partial charge in [-0.3, -0.25) is 9.59 Å². The number of hydrogen-bond donors (Lipinski definition) is 0. The molecule has 0 spiro atoms. The lowest BCUT2D eigenvalue weighted by molar-refractivity contribution is -0.142. The molecule has 0 aliphatic carbocycles. The van der Waals surface area contributed by atoms with Crippen LogP contribution in [-0.2, 0) is 29.0 Å². The van der Waals surface area contributed by atoms with Gasteiger partial charge in [-0.25, -0.2) is 9.37 Å². The smallest absolute Gasteiger partial charge is 0.302 e. The molecule has 0 bridgehead atoms. The lowest BCUT2D eigenvalue weighted by Gasteiger charge is -2.27. The number of esters is 1. The molecular formula is C18H16BrClFN3O3. The molecule has 4 rings (SSSR count). The van der Waals surface area contributed by atoms with Gasteiger partial charge in [0.05, 0.1) is 18.6 Å². The Morgan fingerprint density at radius 2 is 2.30 bits per heavy atom. The molecule has 6 nitrogen and oxygen atoms in total. The number of nitrogens with zero attached hydrogens (tertiary/aromatic N) is 3. The average molecular weight is 457 g/mol. The highest BCUT2D eigenvalue weighted by Gasteiger charge is 2.39. The topological polar surface area (TPSA) is 64.4 Å². The molecule has 1 aromatic carbocycles. The fourth-order valence-corrected chi connectivity index (χ4v) is 4.55. The molecule has 0 radical (unpaired) electrons. The first-order valence-electron chi connectivity index (χ1n) is 8.45. The van der Waals surface area contributed by atoms with Crippen molar-refractivity contribution < 1.29 is 18.7 Å². The molecule has 2 aromatic rings. The highest BCUT2D eigenvalue weighted by atomic mass is 79.9. The zero-order chi connectivity index (χ0) is 19.3. The third kappa shape index (κ3) is 3.25. The molecule has 2 aliphatic heterocycles. The molecule has 1 aromatic heterocycles. The van der Waals surface area contributed by atoms with E-state index in [0.717, 1.165) is 11.3 Å². The minimum absolute atomic E-state index is 0.0468. The van der Waals surface area contributed by atoms with Crippen LogP contribution in [0.4, 0.5) is 4.39 Å². The van der Waals surface area contributed by atoms with Gasteiger partial charge in [-0.1, -0.05) is 27.5 Å². The Bertz CT molecular complexity index is 948. The predicted molar refractivity (Wildman–Crippen MR) is 99.2 cm³/mol. The van der Waals surface area contributed by atoms with Gasteiger partial charge in [0.25, 0.3) is 5.91 Å². The molecule has 3 heterocycles. The Kier molecular flexibility index (Phi) is 4.71. The zero-order valence-corrected chi connectivity index (χ0v) is 16.8. The summed E-state index contributed by atoms with van der Waals surface area (Å²) in [5, 5.41) is 0.486. The van der Waals surface area contributed by atoms with Crippen LogP contribution in [-0.4, -0.2) is 39.1 Å². The quantitative estimate of drug-likeness (QED) is 0.661. The van der Waals surface area contributed by atoms with Crippen LogP contribution in [0.2, 0.25) is 5.02 Å². The first-order chi connectivity index (χ1) is 12.8. The van der Waals surface area contributed by atoms with E-state index in [1.807, 2.05) is 0 Å². The second-order valence-electron chi connectivity index (χ2n) is 6.70. The molecule has 27 heavy (non-hydrogen) atoms. The summed E-state index contributed by atoms with van der Waals surface area (Å²) in [7, 11) is 0. The molecule has 0 saturated carbocycles. The van der Waals surface area contributed by atoms with Gasteiger partial charge in [-0.15, -0.1) is 0 Å². The molecule has 1 amide bonds. The van der Waals surface area contributed by atoms with Crippen LogP contribution in [0.15, 0.2) is 22.9 Å². The number of benzene rings is 1. The summed E-state index contributed by atoms with van der Waals surface area (Å²) in [6.45, 7) is 1.78. The van der Waals surface area contributed by atoms with E-state index in [1.165, 1.54) is 6.92 Å². The van der Waals surface area contributed by atoms with Crippen molar-refractivity contribution in [2.75, 3.05) is 6.61 Å². The van der Waals surface area contributed by atoms with Crippen LogP contribution in [0.3, 0.4) is 0 Å². The summed E-state index contributed by atoms with van der Waals surface area (Å²) in [5.74, 6) is -0.675. The van der Waals surface area contributed by atoms with E-state index in [9.17, 15) is 14.0 Å². The van der Waals surface area contributed by atoms with Crippen molar-refractivity contribution in [3.63, 3.8) is 0 Å². The van der Waals surface area contributed by atoms with Crippen molar-refractivity contribution in [2.24, 2.45) is 0 Å². The summed E-state index contributed by atoms with van der Waals surface area (Å²) in [5.41, 5.74) is 2.52. The minimum atomic E-state index is -0.979. The Morgan fingerprint density at radius 1 is 1.52 bits per heavy atom. The second-order valence-corrected chi connectivity index (χ2v) is 8.02. The fourth-order valence-electron chi connectivity index (χ4n) is 3.68. The number of rotatable bonds is 4. The predicted octanol–water partition coefficient (Wildman–Crippen LogP) is 3.45. The van der Waals surface area contributed by atoms with E-state index in [1.54, 1.807) is 27.9 Å². The lowest BCUT2D eigenvalue weighted by Crippen LogP contribution is -2.33. The van der Waals surface area contributed by atoms with Crippen LogP contribution in [0.5, 0.6) is 0 Å². The molecule has 2 atom stereocenters. The van der Waals surface area contributed by atoms with Gasteiger partial charge in [-0.2, -0.15) is 0 Å². The normalized spacial score (nSPS) is 19.2. The number of hydrogen-bond acceptors (Lipinski definition) is 4. The van der Waals surface area contributed by atoms with Crippen molar-refractivity contribution in [3.8, 4) is 0 Å². The number of fused-ring (bicyclic) bond motifs is 2. The van der Waals surface area contributed by atoms with Crippen LogP contribution in [0, 0.1) is 0 Å². The largest absolute Gasteiger partial charge is 0.463 e. The maximum Gasteiger partial charge on any atom is 0.302 e. The van der Waals surface area contributed by atoms with Gasteiger partial charge in [0.15, 0.2) is 0 Å². The van der Waals surface area contributed by atoms with E-state index in [2.05, 4.69) is 20.9 Å². The number of aromatic nitrogens is 2. The van der Waals surface area contributed by atoms with Crippen LogP contribution in [0.1, 0.15) is 40.3 Å². The number of ether oxygens (including phenoxy) is 1. The van der Waals surface area contributed by atoms with E-state index in [4.69, 9.17) is 16.3 Å². The molecule has 0 N–H and O–H groups in total. The minimum Gasteiger partial charge on any atom is -0.463 e. The molecule has 0 saturated heterocycles. The highest BCUT2D eigenvalue weighted by Crippen LogP contribution is 2.38. The summed E-state index contributed by atoms with van der Waals surface area (Å²) in [6.07, 6.45) is 0.822. The summed E-state index contributed by atoms with van der Waals surface area (Å²) in [4.78, 5) is 30.4. The van der Waals surface area contributed by atoms with Crippen LogP contribution >= 0.6 is 27.5 Å². The van der Waals surface area contributed by atoms with Gasteiger partial charge in [0, 0.05) is 46.2 Å². The molecule has 9 heteroatoms. The van der Waals surface area contributed by atoms with Crippen molar-refractivity contribution >= 4 is 39.4 Å². The summed E-state index contributed by atoms with van der Waals surface area (Å²) < 4.78 is 21.5. The van der Waals surface area contributed by atoms with E-state index in [0.29, 0.717) is 20.8 Å². The average Bonchev–Trinajstić information content (AvgIpc) is 3.23. The monoisotopic (exact) mass is 455 g/mol. The third-order valence-corrected chi connectivity index (χ3v) is 5.70. The molecule has 142 valence electrons. The first-order valence-corrected chi connectivity index (χ1v) is 9.62. The number of carbonyl (C=O) groups excluding carboxylic acids is 2. The van der Waals surface area contributed by atoms with Gasteiger partial charge in [-0.05, 0) is 12.1 Å². The second kappa shape index (κ2) is 6.91. The number of amides is 1. The number of halogens is 3. The Morgan fingerprint density at radius 3 is 3.04 bits per heavy atom. The zero-order valence-electron chi connectivity index (χ0n) is 14.4. The standard InChI is InChI=1S/C18H16BrClFN3O3/c1-9(25)27-7-16(17-15-4-11(21)5-23(15)8-22-17)24-6-13-12(18(24)26)2-10(19)3-14(13)20/h2-3,8,11,16H,4-7H2,1H3/t11-,16?/m1/s1. The van der Waals surface area contributed by atoms with E-state index in [-0.39, 0.29) is 32.0 Å².